The first-order chi connectivity index (χ1) is 14.1. The lowest BCUT2D eigenvalue weighted by Crippen LogP contribution is -2.38. The van der Waals surface area contributed by atoms with E-state index in [4.69, 9.17) is 9.26 Å². The average molecular weight is 393 g/mol. The lowest BCUT2D eigenvalue weighted by atomic mass is 9.99. The van der Waals surface area contributed by atoms with Crippen molar-refractivity contribution in [3.8, 4) is 11.3 Å². The fourth-order valence-corrected chi connectivity index (χ4v) is 3.85. The minimum atomic E-state index is -0.229. The highest BCUT2D eigenvalue weighted by Crippen LogP contribution is 2.28. The van der Waals surface area contributed by atoms with Crippen LogP contribution < -0.4 is 0 Å². The second kappa shape index (κ2) is 8.05. The smallest absolute Gasteiger partial charge is 0.270 e. The van der Waals surface area contributed by atoms with Crippen molar-refractivity contribution in [2.24, 2.45) is 0 Å². The second-order valence-electron chi connectivity index (χ2n) is 7.21. The van der Waals surface area contributed by atoms with Gasteiger partial charge in [0.05, 0.1) is 18.2 Å². The lowest BCUT2D eigenvalue weighted by Gasteiger charge is -2.23. The minimum Gasteiger partial charge on any atom is -0.383 e. The molecule has 29 heavy (non-hydrogen) atoms. The highest BCUT2D eigenvalue weighted by Gasteiger charge is 2.31. The number of carbonyl (C=O) groups is 2. The normalized spacial score (nSPS) is 16.3. The van der Waals surface area contributed by atoms with Crippen LogP contribution in [0.25, 0.3) is 11.3 Å². The van der Waals surface area contributed by atoms with Gasteiger partial charge in [0.1, 0.15) is 17.1 Å². The fourth-order valence-electron chi connectivity index (χ4n) is 3.85. The number of benzene rings is 1. The zero-order chi connectivity index (χ0) is 20.4. The van der Waals surface area contributed by atoms with Crippen LogP contribution in [0.5, 0.6) is 0 Å². The van der Waals surface area contributed by atoms with E-state index in [0.29, 0.717) is 41.4 Å². The van der Waals surface area contributed by atoms with Gasteiger partial charge < -0.3 is 19.1 Å². The Balaban J connectivity index is 1.60. The molecule has 0 aliphatic carbocycles. The van der Waals surface area contributed by atoms with Gasteiger partial charge in [-0.1, -0.05) is 35.5 Å². The summed E-state index contributed by atoms with van der Waals surface area (Å²) in [6, 6.07) is 11.1. The van der Waals surface area contributed by atoms with E-state index in [1.807, 2.05) is 35.2 Å². The summed E-state index contributed by atoms with van der Waals surface area (Å²) < 4.78 is 10.5. The molecule has 150 valence electrons. The van der Waals surface area contributed by atoms with Gasteiger partial charge in [-0.25, -0.2) is 0 Å². The van der Waals surface area contributed by atoms with Crippen LogP contribution in [0, 0.1) is 6.92 Å². The maximum Gasteiger partial charge on any atom is 0.270 e. The second-order valence-corrected chi connectivity index (χ2v) is 7.21. The van der Waals surface area contributed by atoms with Gasteiger partial charge >= 0.3 is 0 Å². The van der Waals surface area contributed by atoms with Gasteiger partial charge in [-0.2, -0.15) is 0 Å². The van der Waals surface area contributed by atoms with Crippen molar-refractivity contribution in [3.63, 3.8) is 0 Å². The van der Waals surface area contributed by atoms with Crippen molar-refractivity contribution in [1.29, 1.82) is 0 Å². The number of ether oxygens (including phenoxy) is 1. The Hall–Kier alpha value is -3.19. The molecule has 7 heteroatoms. The summed E-state index contributed by atoms with van der Waals surface area (Å²) in [4.78, 5) is 30.9. The zero-order valence-electron chi connectivity index (χ0n) is 16.5. The number of methoxy groups -OCH3 is 1. The van der Waals surface area contributed by atoms with E-state index in [-0.39, 0.29) is 17.7 Å². The fraction of sp³-hybridized carbons (Fsp3) is 0.318. The van der Waals surface area contributed by atoms with Gasteiger partial charge in [-0.3, -0.25) is 9.59 Å². The summed E-state index contributed by atoms with van der Waals surface area (Å²) in [5, 5.41) is 4.07. The van der Waals surface area contributed by atoms with Crippen LogP contribution in [0.15, 0.2) is 47.1 Å². The highest BCUT2D eigenvalue weighted by atomic mass is 16.5. The number of aromatic nitrogens is 2. The number of hydrogen-bond acceptors (Lipinski definition) is 5. The number of rotatable bonds is 6. The standard InChI is InChI=1S/C22H23N3O4/c1-14-19(20(24-29-14)15-7-4-3-5-8-15)21(26)16-11-18(23-12-16)22(27)25-10-6-9-17(25)13-28-2/h3-5,7-8,11-12,17,23H,6,9-10,13H2,1-2H3/t17-/m0/s1. The van der Waals surface area contributed by atoms with E-state index >= 15 is 0 Å². The van der Waals surface area contributed by atoms with Gasteiger partial charge in [-0.15, -0.1) is 0 Å². The number of nitrogens with zero attached hydrogens (tertiary/aromatic N) is 2. The maximum absolute atomic E-state index is 13.2. The van der Waals surface area contributed by atoms with Crippen LogP contribution in [-0.2, 0) is 4.74 Å². The van der Waals surface area contributed by atoms with E-state index in [1.54, 1.807) is 26.3 Å². The molecule has 3 heterocycles. The number of aryl methyl sites for hydroxylation is 1. The Labute approximate surface area is 168 Å². The molecule has 1 aliphatic heterocycles. The quantitative estimate of drug-likeness (QED) is 0.648. The van der Waals surface area contributed by atoms with Crippen molar-refractivity contribution in [2.45, 2.75) is 25.8 Å². The molecule has 2 aromatic heterocycles. The molecule has 1 aliphatic rings. The molecule has 1 aromatic carbocycles. The largest absolute Gasteiger partial charge is 0.383 e. The number of aromatic amines is 1. The van der Waals surface area contributed by atoms with Gasteiger partial charge in [0.2, 0.25) is 0 Å². The van der Waals surface area contributed by atoms with E-state index < -0.39 is 0 Å². The Morgan fingerprint density at radius 2 is 2.10 bits per heavy atom. The molecule has 0 bridgehead atoms. The molecule has 1 fully saturated rings. The number of carbonyl (C=O) groups excluding carboxylic acids is 2. The Kier molecular flexibility index (Phi) is 5.31. The molecule has 1 saturated heterocycles. The number of amides is 1. The Morgan fingerprint density at radius 3 is 2.86 bits per heavy atom. The monoisotopic (exact) mass is 393 g/mol. The first-order valence-electron chi connectivity index (χ1n) is 9.65. The third-order valence-corrected chi connectivity index (χ3v) is 5.31. The zero-order valence-corrected chi connectivity index (χ0v) is 16.5. The van der Waals surface area contributed by atoms with Crippen molar-refractivity contribution < 1.29 is 18.8 Å². The molecule has 0 spiro atoms. The SMILES string of the molecule is COC[C@@H]1CCCN1C(=O)c1cc(C(=O)c2c(-c3ccccc3)noc2C)c[nH]1. The molecule has 1 N–H and O–H groups in total. The van der Waals surface area contributed by atoms with Crippen LogP contribution >= 0.6 is 0 Å². The highest BCUT2D eigenvalue weighted by molar-refractivity contribution is 6.13. The van der Waals surface area contributed by atoms with Crippen LogP contribution in [0.4, 0.5) is 0 Å². The summed E-state index contributed by atoms with van der Waals surface area (Å²) in [6.45, 7) is 2.92. The van der Waals surface area contributed by atoms with Crippen molar-refractivity contribution in [3.05, 3.63) is 65.2 Å². The minimum absolute atomic E-state index is 0.0694. The van der Waals surface area contributed by atoms with Crippen LogP contribution in [-0.4, -0.2) is 53.0 Å². The summed E-state index contributed by atoms with van der Waals surface area (Å²) in [5.74, 6) is 0.101. The number of likely N-dealkylation sites (tertiary alicyclic amines) is 1. The Morgan fingerprint density at radius 1 is 1.31 bits per heavy atom. The summed E-state index contributed by atoms with van der Waals surface area (Å²) in [5.41, 5.74) is 2.51. The molecule has 0 saturated carbocycles. The first kappa shape index (κ1) is 19.1. The molecule has 7 nitrogen and oxygen atoms in total. The van der Waals surface area contributed by atoms with Gasteiger partial charge in [0.15, 0.2) is 5.78 Å². The topological polar surface area (TPSA) is 88.4 Å². The number of H-pyrrole nitrogens is 1. The third-order valence-electron chi connectivity index (χ3n) is 5.31. The molecule has 0 radical (unpaired) electrons. The van der Waals surface area contributed by atoms with E-state index in [0.717, 1.165) is 18.4 Å². The molecule has 1 atom stereocenters. The van der Waals surface area contributed by atoms with Crippen LogP contribution in [0.3, 0.4) is 0 Å². The van der Waals surface area contributed by atoms with Gasteiger partial charge in [0, 0.05) is 31.0 Å². The average Bonchev–Trinajstić information content (AvgIpc) is 3.48. The van der Waals surface area contributed by atoms with Crippen molar-refractivity contribution >= 4 is 11.7 Å². The van der Waals surface area contributed by atoms with E-state index in [2.05, 4.69) is 10.1 Å². The summed E-state index contributed by atoms with van der Waals surface area (Å²) >= 11 is 0. The maximum atomic E-state index is 13.2. The molecule has 4 rings (SSSR count). The van der Waals surface area contributed by atoms with Crippen LogP contribution in [0.2, 0.25) is 0 Å². The van der Waals surface area contributed by atoms with Gasteiger partial charge in [-0.05, 0) is 25.8 Å². The predicted octanol–water partition coefficient (Wildman–Crippen LogP) is 3.46. The lowest BCUT2D eigenvalue weighted by molar-refractivity contribution is 0.0625. The Bertz CT molecular complexity index is 1020. The molecular weight excluding hydrogens is 370 g/mol. The van der Waals surface area contributed by atoms with E-state index in [1.165, 1.54) is 0 Å². The number of hydrogen-bond donors (Lipinski definition) is 1. The van der Waals surface area contributed by atoms with E-state index in [9.17, 15) is 9.59 Å². The van der Waals surface area contributed by atoms with Crippen molar-refractivity contribution in [1.82, 2.24) is 15.0 Å². The molecular formula is C22H23N3O4. The number of nitrogens with one attached hydrogen (secondary N) is 1. The van der Waals surface area contributed by atoms with Crippen LogP contribution in [0.1, 0.15) is 45.0 Å². The molecule has 0 unspecified atom stereocenters. The predicted molar refractivity (Wildman–Crippen MR) is 107 cm³/mol. The van der Waals surface area contributed by atoms with Crippen molar-refractivity contribution in [2.75, 3.05) is 20.3 Å². The summed E-state index contributed by atoms with van der Waals surface area (Å²) in [7, 11) is 1.64. The number of ketones is 1. The first-order valence-corrected chi connectivity index (χ1v) is 9.65. The summed E-state index contributed by atoms with van der Waals surface area (Å²) in [6.07, 6.45) is 3.44. The molecule has 1 amide bonds. The third kappa shape index (κ3) is 3.61. The molecule has 3 aromatic rings. The van der Waals surface area contributed by atoms with Gasteiger partial charge in [0.25, 0.3) is 5.91 Å².